The lowest BCUT2D eigenvalue weighted by molar-refractivity contribution is -0.161. The smallest absolute Gasteiger partial charge is 0.462 e. The molecule has 19 heteroatoms. The van der Waals surface area contributed by atoms with E-state index in [1.54, 1.807) is 0 Å². The summed E-state index contributed by atoms with van der Waals surface area (Å²) in [5.74, 6) is 0.154. The molecule has 0 aromatic rings. The minimum Gasteiger partial charge on any atom is -0.462 e. The van der Waals surface area contributed by atoms with Crippen LogP contribution in [0, 0.1) is 17.8 Å². The van der Waals surface area contributed by atoms with Crippen LogP contribution in [0.15, 0.2) is 0 Å². The molecule has 0 fully saturated rings. The highest BCUT2D eigenvalue weighted by molar-refractivity contribution is 7.47. The average Bonchev–Trinajstić information content (AvgIpc) is 3.71. The largest absolute Gasteiger partial charge is 0.472 e. The van der Waals surface area contributed by atoms with Gasteiger partial charge in [0.2, 0.25) is 0 Å². The van der Waals surface area contributed by atoms with Crippen molar-refractivity contribution in [1.29, 1.82) is 0 Å². The predicted molar refractivity (Wildman–Crippen MR) is 363 cm³/mol. The highest BCUT2D eigenvalue weighted by Crippen LogP contribution is 2.45. The fourth-order valence-electron chi connectivity index (χ4n) is 10.7. The van der Waals surface area contributed by atoms with Gasteiger partial charge in [0, 0.05) is 25.7 Å². The van der Waals surface area contributed by atoms with E-state index >= 15 is 0 Å². The Hall–Kier alpha value is -1.94. The Kier molecular flexibility index (Phi) is 60.6. The summed E-state index contributed by atoms with van der Waals surface area (Å²) in [6.07, 6.45) is 45.7. The van der Waals surface area contributed by atoms with Crippen molar-refractivity contribution in [3.8, 4) is 0 Å². The van der Waals surface area contributed by atoms with Crippen LogP contribution in [-0.2, 0) is 65.4 Å². The Bertz CT molecular complexity index is 1770. The molecule has 3 N–H and O–H groups in total. The Morgan fingerprint density at radius 3 is 0.844 bits per heavy atom. The highest BCUT2D eigenvalue weighted by Gasteiger charge is 2.30. The summed E-state index contributed by atoms with van der Waals surface area (Å²) in [5, 5.41) is 10.6. The number of carbonyl (C=O) groups is 4. The number of phosphoric ester groups is 2. The second-order valence-electron chi connectivity index (χ2n) is 26.8. The molecule has 6 atom stereocenters. The van der Waals surface area contributed by atoms with E-state index in [1.165, 1.54) is 161 Å². The summed E-state index contributed by atoms with van der Waals surface area (Å²) >= 11 is 0. The fourth-order valence-corrected chi connectivity index (χ4v) is 12.3. The molecule has 0 aliphatic heterocycles. The molecule has 0 spiro atoms. The van der Waals surface area contributed by atoms with Crippen molar-refractivity contribution in [3.63, 3.8) is 0 Å². The fraction of sp³-hybridized carbons (Fsp3) is 0.944. The van der Waals surface area contributed by atoms with Gasteiger partial charge in [-0.3, -0.25) is 37.3 Å². The number of hydrogen-bond donors (Lipinski definition) is 3. The van der Waals surface area contributed by atoms with Crippen LogP contribution < -0.4 is 0 Å². The molecular formula is C71H138O17P2. The standard InChI is InChI=1S/C71H138O17P2/c1-8-10-11-12-13-14-18-26-31-40-47-54-70(75)88-67(59-82-69(74)53-46-39-34-33-37-44-51-64(7)9-2)61-86-90(79,80)84-57-65(72)56-83-89(77,78)85-60-66(58-81-68(73)52-45-38-30-25-22-17-20-24-29-36-43-50-63(5)6)87-71(76)55-48-41-32-27-21-16-15-19-23-28-35-42-49-62(3)4/h62-67,72H,8-61H2,1-7H3,(H,77,78)(H,79,80)/t64?,65-,66-,67-/m1/s1. The zero-order valence-corrected chi connectivity index (χ0v) is 60.4. The molecule has 3 unspecified atom stereocenters. The van der Waals surface area contributed by atoms with Crippen LogP contribution in [0.5, 0.6) is 0 Å². The van der Waals surface area contributed by atoms with Crippen molar-refractivity contribution in [1.82, 2.24) is 0 Å². The lowest BCUT2D eigenvalue weighted by Gasteiger charge is -2.21. The van der Waals surface area contributed by atoms with Crippen LogP contribution in [0.4, 0.5) is 0 Å². The molecule has 0 aliphatic carbocycles. The van der Waals surface area contributed by atoms with Gasteiger partial charge in [0.05, 0.1) is 26.4 Å². The molecule has 0 radical (unpaired) electrons. The first-order chi connectivity index (χ1) is 43.3. The van der Waals surface area contributed by atoms with E-state index in [0.29, 0.717) is 25.7 Å². The molecule has 90 heavy (non-hydrogen) atoms. The van der Waals surface area contributed by atoms with E-state index in [0.717, 1.165) is 114 Å². The van der Waals surface area contributed by atoms with Gasteiger partial charge < -0.3 is 33.8 Å². The minimum absolute atomic E-state index is 0.106. The van der Waals surface area contributed by atoms with E-state index < -0.39 is 97.5 Å². The molecule has 0 heterocycles. The molecule has 0 aromatic heterocycles. The lowest BCUT2D eigenvalue weighted by Crippen LogP contribution is -2.30. The molecule has 0 saturated carbocycles. The summed E-state index contributed by atoms with van der Waals surface area (Å²) in [6, 6.07) is 0. The number of phosphoric acid groups is 2. The lowest BCUT2D eigenvalue weighted by atomic mass is 10.00. The Labute approximate surface area is 549 Å². The van der Waals surface area contributed by atoms with Gasteiger partial charge in [0.1, 0.15) is 19.3 Å². The minimum atomic E-state index is -4.95. The van der Waals surface area contributed by atoms with Crippen molar-refractivity contribution in [2.75, 3.05) is 39.6 Å². The second-order valence-corrected chi connectivity index (χ2v) is 29.7. The molecule has 0 bridgehead atoms. The van der Waals surface area contributed by atoms with Crippen molar-refractivity contribution >= 4 is 39.5 Å². The predicted octanol–water partition coefficient (Wildman–Crippen LogP) is 20.2. The first kappa shape index (κ1) is 88.1. The summed E-state index contributed by atoms with van der Waals surface area (Å²) in [5.41, 5.74) is 0. The number of aliphatic hydroxyl groups excluding tert-OH is 1. The van der Waals surface area contributed by atoms with Crippen LogP contribution in [0.2, 0.25) is 0 Å². The quantitative estimate of drug-likeness (QED) is 0.0222. The molecule has 0 aliphatic rings. The van der Waals surface area contributed by atoms with Gasteiger partial charge in [-0.15, -0.1) is 0 Å². The van der Waals surface area contributed by atoms with E-state index in [-0.39, 0.29) is 25.7 Å². The Morgan fingerprint density at radius 2 is 0.567 bits per heavy atom. The highest BCUT2D eigenvalue weighted by atomic mass is 31.2. The van der Waals surface area contributed by atoms with Crippen LogP contribution in [0.3, 0.4) is 0 Å². The SMILES string of the molecule is CCCCCCCCCCCCCC(=O)O[C@H](COC(=O)CCCCCCCCC(C)CC)COP(=O)(O)OC[C@H](O)COP(=O)(O)OC[C@@H](COC(=O)CCCCCCCCCCCCCC(C)C)OC(=O)CCCCCCCCCCCCCCC(C)C. The van der Waals surface area contributed by atoms with Gasteiger partial charge in [-0.2, -0.15) is 0 Å². The maximum absolute atomic E-state index is 13.0. The van der Waals surface area contributed by atoms with Crippen molar-refractivity contribution in [2.45, 2.75) is 375 Å². The van der Waals surface area contributed by atoms with Gasteiger partial charge in [0.25, 0.3) is 0 Å². The molecule has 0 amide bonds. The van der Waals surface area contributed by atoms with Crippen LogP contribution >= 0.6 is 15.6 Å². The molecule has 0 rings (SSSR count). The summed E-state index contributed by atoms with van der Waals surface area (Å²) in [4.78, 5) is 72.6. The number of carbonyl (C=O) groups excluding carboxylic acids is 4. The third kappa shape index (κ3) is 63.5. The maximum Gasteiger partial charge on any atom is 0.472 e. The Morgan fingerprint density at radius 1 is 0.322 bits per heavy atom. The van der Waals surface area contributed by atoms with Gasteiger partial charge in [0.15, 0.2) is 12.2 Å². The van der Waals surface area contributed by atoms with Crippen molar-refractivity contribution in [2.24, 2.45) is 17.8 Å². The number of esters is 4. The van der Waals surface area contributed by atoms with Gasteiger partial charge >= 0.3 is 39.5 Å². The van der Waals surface area contributed by atoms with Crippen molar-refractivity contribution < 1.29 is 80.2 Å². The normalized spacial score (nSPS) is 14.5. The molecule has 534 valence electrons. The Balaban J connectivity index is 5.26. The number of hydrogen-bond acceptors (Lipinski definition) is 15. The summed E-state index contributed by atoms with van der Waals surface area (Å²) in [7, 11) is -9.90. The molecular weight excluding hydrogens is 1190 g/mol. The van der Waals surface area contributed by atoms with Crippen LogP contribution in [0.25, 0.3) is 0 Å². The first-order valence-electron chi connectivity index (χ1n) is 36.9. The van der Waals surface area contributed by atoms with E-state index in [2.05, 4.69) is 48.5 Å². The van der Waals surface area contributed by atoms with E-state index in [4.69, 9.17) is 37.0 Å². The number of unbranched alkanes of at least 4 members (excludes halogenated alkanes) is 36. The number of ether oxygens (including phenoxy) is 4. The first-order valence-corrected chi connectivity index (χ1v) is 39.9. The number of aliphatic hydroxyl groups is 1. The third-order valence-electron chi connectivity index (χ3n) is 16.7. The second kappa shape index (κ2) is 61.9. The van der Waals surface area contributed by atoms with Gasteiger partial charge in [-0.1, -0.05) is 305 Å². The van der Waals surface area contributed by atoms with E-state index in [9.17, 15) is 43.2 Å². The summed E-state index contributed by atoms with van der Waals surface area (Å²) in [6.45, 7) is 11.8. The number of rotatable bonds is 69. The average molecular weight is 1330 g/mol. The van der Waals surface area contributed by atoms with Crippen molar-refractivity contribution in [3.05, 3.63) is 0 Å². The third-order valence-corrected chi connectivity index (χ3v) is 18.6. The van der Waals surface area contributed by atoms with Crippen LogP contribution in [0.1, 0.15) is 357 Å². The monoisotopic (exact) mass is 1320 g/mol. The summed E-state index contributed by atoms with van der Waals surface area (Å²) < 4.78 is 68.3. The topological polar surface area (TPSA) is 237 Å². The van der Waals surface area contributed by atoms with Crippen LogP contribution in [-0.4, -0.2) is 96.7 Å². The molecule has 0 aromatic carbocycles. The van der Waals surface area contributed by atoms with E-state index in [1.807, 2.05) is 0 Å². The molecule has 17 nitrogen and oxygen atoms in total. The zero-order valence-electron chi connectivity index (χ0n) is 58.6. The van der Waals surface area contributed by atoms with Gasteiger partial charge in [-0.25, -0.2) is 9.13 Å². The zero-order chi connectivity index (χ0) is 66.6. The van der Waals surface area contributed by atoms with Gasteiger partial charge in [-0.05, 0) is 43.4 Å². The molecule has 0 saturated heterocycles. The maximum atomic E-state index is 13.0.